The fourth-order valence-electron chi connectivity index (χ4n) is 3.28. The largest absolute Gasteiger partial charge is 0.339 e. The summed E-state index contributed by atoms with van der Waals surface area (Å²) < 4.78 is 7.04. The summed E-state index contributed by atoms with van der Waals surface area (Å²) in [6, 6.07) is 1.86. The average molecular weight is 329 g/mol. The number of hydrogen-bond donors (Lipinski definition) is 0. The molecule has 1 saturated carbocycles. The number of carbonyl (C=O) groups is 1. The first-order chi connectivity index (χ1) is 11.6. The van der Waals surface area contributed by atoms with E-state index in [1.165, 1.54) is 12.8 Å². The molecule has 1 amide bonds. The highest BCUT2D eigenvalue weighted by molar-refractivity contribution is 5.92. The molecule has 24 heavy (non-hydrogen) atoms. The van der Waals surface area contributed by atoms with Gasteiger partial charge in [0, 0.05) is 38.2 Å². The van der Waals surface area contributed by atoms with E-state index in [1.54, 1.807) is 4.68 Å². The van der Waals surface area contributed by atoms with Crippen LogP contribution < -0.4 is 0 Å². The number of nitrogens with zero attached hydrogens (tertiary/aromatic N) is 5. The summed E-state index contributed by atoms with van der Waals surface area (Å²) in [6.07, 6.45) is 5.20. The van der Waals surface area contributed by atoms with E-state index in [9.17, 15) is 4.79 Å². The maximum atomic E-state index is 12.5. The van der Waals surface area contributed by atoms with E-state index >= 15 is 0 Å². The quantitative estimate of drug-likeness (QED) is 0.839. The fourth-order valence-corrected chi connectivity index (χ4v) is 3.28. The molecule has 1 saturated heterocycles. The van der Waals surface area contributed by atoms with Gasteiger partial charge in [-0.1, -0.05) is 5.16 Å². The number of aryl methyl sites for hydroxylation is 3. The third-order valence-electron chi connectivity index (χ3n) is 5.09. The molecule has 7 heteroatoms. The van der Waals surface area contributed by atoms with Gasteiger partial charge in [0.1, 0.15) is 0 Å². The fraction of sp³-hybridized carbons (Fsp3) is 0.647. The van der Waals surface area contributed by atoms with Gasteiger partial charge in [-0.3, -0.25) is 9.48 Å². The minimum Gasteiger partial charge on any atom is -0.339 e. The summed E-state index contributed by atoms with van der Waals surface area (Å²) in [6.45, 7) is 3.55. The molecule has 1 atom stereocenters. The van der Waals surface area contributed by atoms with Crippen LogP contribution in [-0.2, 0) is 13.5 Å². The van der Waals surface area contributed by atoms with Crippen LogP contribution in [-0.4, -0.2) is 43.8 Å². The second-order valence-corrected chi connectivity index (χ2v) is 7.06. The zero-order valence-electron chi connectivity index (χ0n) is 14.2. The van der Waals surface area contributed by atoms with Crippen LogP contribution in [0.25, 0.3) is 0 Å². The zero-order chi connectivity index (χ0) is 16.7. The van der Waals surface area contributed by atoms with Crippen molar-refractivity contribution in [1.82, 2.24) is 24.8 Å². The summed E-state index contributed by atoms with van der Waals surface area (Å²) in [5.41, 5.74) is 1.54. The topological polar surface area (TPSA) is 77.1 Å². The minimum absolute atomic E-state index is 0.0387. The van der Waals surface area contributed by atoms with E-state index in [0.29, 0.717) is 17.5 Å². The Kier molecular flexibility index (Phi) is 3.86. The van der Waals surface area contributed by atoms with Crippen LogP contribution in [0.5, 0.6) is 0 Å². The Morgan fingerprint density at radius 3 is 2.92 bits per heavy atom. The molecule has 3 heterocycles. The van der Waals surface area contributed by atoms with Gasteiger partial charge in [0.15, 0.2) is 11.5 Å². The third kappa shape index (κ3) is 3.07. The van der Waals surface area contributed by atoms with Crippen molar-refractivity contribution in [3.63, 3.8) is 0 Å². The molecule has 7 nitrogen and oxygen atoms in total. The molecule has 2 fully saturated rings. The maximum Gasteiger partial charge on any atom is 0.274 e. The van der Waals surface area contributed by atoms with Crippen LogP contribution in [0.2, 0.25) is 0 Å². The SMILES string of the molecule is Cc1cc(C(=O)N2CCC(CCc3noc(C4CC4)n3)C2)nn1C. The van der Waals surface area contributed by atoms with Crippen LogP contribution in [0.15, 0.2) is 10.6 Å². The van der Waals surface area contributed by atoms with Crippen LogP contribution in [0.4, 0.5) is 0 Å². The Balaban J connectivity index is 1.30. The second-order valence-electron chi connectivity index (χ2n) is 7.06. The molecule has 2 aromatic heterocycles. The molecular weight excluding hydrogens is 306 g/mol. The average Bonchev–Trinajstić information content (AvgIpc) is 2.99. The number of amides is 1. The van der Waals surface area contributed by atoms with Crippen LogP contribution >= 0.6 is 0 Å². The first kappa shape index (κ1) is 15.4. The Labute approximate surface area is 141 Å². The smallest absolute Gasteiger partial charge is 0.274 e. The molecule has 1 aliphatic heterocycles. The van der Waals surface area contributed by atoms with Crippen molar-refractivity contribution in [2.24, 2.45) is 13.0 Å². The summed E-state index contributed by atoms with van der Waals surface area (Å²) >= 11 is 0. The van der Waals surface area contributed by atoms with E-state index < -0.39 is 0 Å². The molecule has 0 aromatic carbocycles. The zero-order valence-corrected chi connectivity index (χ0v) is 14.2. The van der Waals surface area contributed by atoms with Crippen LogP contribution in [0.1, 0.15) is 59.5 Å². The predicted octanol–water partition coefficient (Wildman–Crippen LogP) is 2.08. The van der Waals surface area contributed by atoms with Gasteiger partial charge in [0.05, 0.1) is 0 Å². The van der Waals surface area contributed by atoms with Gasteiger partial charge in [-0.2, -0.15) is 10.1 Å². The lowest BCUT2D eigenvalue weighted by molar-refractivity contribution is 0.0780. The molecule has 2 aromatic rings. The summed E-state index contributed by atoms with van der Waals surface area (Å²) in [7, 11) is 1.86. The van der Waals surface area contributed by atoms with Crippen LogP contribution in [0, 0.1) is 12.8 Å². The Hall–Kier alpha value is -2.18. The molecule has 4 rings (SSSR count). The van der Waals surface area contributed by atoms with E-state index in [1.807, 2.05) is 24.9 Å². The normalized spacial score (nSPS) is 20.8. The number of rotatable bonds is 5. The Morgan fingerprint density at radius 2 is 2.21 bits per heavy atom. The van der Waals surface area contributed by atoms with E-state index in [0.717, 1.165) is 49.8 Å². The summed E-state index contributed by atoms with van der Waals surface area (Å²) in [5, 5.41) is 8.36. The lowest BCUT2D eigenvalue weighted by Crippen LogP contribution is -2.29. The lowest BCUT2D eigenvalue weighted by atomic mass is 10.0. The molecule has 1 unspecified atom stereocenters. The van der Waals surface area contributed by atoms with Gasteiger partial charge in [0.2, 0.25) is 5.89 Å². The van der Waals surface area contributed by atoms with Gasteiger partial charge < -0.3 is 9.42 Å². The van der Waals surface area contributed by atoms with Crippen molar-refractivity contribution < 1.29 is 9.32 Å². The van der Waals surface area contributed by atoms with Crippen molar-refractivity contribution >= 4 is 5.91 Å². The van der Waals surface area contributed by atoms with E-state index in [-0.39, 0.29) is 5.91 Å². The third-order valence-corrected chi connectivity index (χ3v) is 5.09. The highest BCUT2D eigenvalue weighted by Crippen LogP contribution is 2.38. The molecule has 0 radical (unpaired) electrons. The predicted molar refractivity (Wildman–Crippen MR) is 86.5 cm³/mol. The number of carbonyl (C=O) groups excluding carboxylic acids is 1. The van der Waals surface area contributed by atoms with Gasteiger partial charge in [-0.15, -0.1) is 0 Å². The van der Waals surface area contributed by atoms with Gasteiger partial charge >= 0.3 is 0 Å². The van der Waals surface area contributed by atoms with Crippen molar-refractivity contribution in [1.29, 1.82) is 0 Å². The molecule has 2 aliphatic rings. The van der Waals surface area contributed by atoms with Crippen LogP contribution in [0.3, 0.4) is 0 Å². The molecule has 0 spiro atoms. The maximum absolute atomic E-state index is 12.5. The standard InChI is InChI=1S/C17H23N5O2/c1-11-9-14(19-21(11)2)17(23)22-8-7-12(10-22)3-6-15-18-16(24-20-15)13-4-5-13/h9,12-13H,3-8,10H2,1-2H3. The molecule has 128 valence electrons. The summed E-state index contributed by atoms with van der Waals surface area (Å²) in [4.78, 5) is 18.9. The number of hydrogen-bond acceptors (Lipinski definition) is 5. The van der Waals surface area contributed by atoms with E-state index in [4.69, 9.17) is 4.52 Å². The Bertz CT molecular complexity index is 726. The molecule has 1 aliphatic carbocycles. The number of aromatic nitrogens is 4. The Morgan fingerprint density at radius 1 is 1.38 bits per heavy atom. The minimum atomic E-state index is 0.0387. The van der Waals surface area contributed by atoms with Crippen molar-refractivity contribution in [3.05, 3.63) is 29.2 Å². The monoisotopic (exact) mass is 329 g/mol. The lowest BCUT2D eigenvalue weighted by Gasteiger charge is -2.14. The van der Waals surface area contributed by atoms with E-state index in [2.05, 4.69) is 15.2 Å². The molecule has 0 bridgehead atoms. The number of likely N-dealkylation sites (tertiary alicyclic amines) is 1. The van der Waals surface area contributed by atoms with Crippen molar-refractivity contribution in [3.8, 4) is 0 Å². The molecule has 0 N–H and O–H groups in total. The highest BCUT2D eigenvalue weighted by Gasteiger charge is 2.31. The van der Waals surface area contributed by atoms with Gasteiger partial charge in [0.25, 0.3) is 5.91 Å². The van der Waals surface area contributed by atoms with Gasteiger partial charge in [-0.05, 0) is 44.6 Å². The van der Waals surface area contributed by atoms with Crippen molar-refractivity contribution in [2.45, 2.75) is 44.9 Å². The summed E-state index contributed by atoms with van der Waals surface area (Å²) in [5.74, 6) is 2.66. The van der Waals surface area contributed by atoms with Gasteiger partial charge in [-0.25, -0.2) is 0 Å². The second kappa shape index (κ2) is 6.03. The first-order valence-electron chi connectivity index (χ1n) is 8.72. The van der Waals surface area contributed by atoms with Crippen molar-refractivity contribution in [2.75, 3.05) is 13.1 Å². The first-order valence-corrected chi connectivity index (χ1v) is 8.72. The highest BCUT2D eigenvalue weighted by atomic mass is 16.5. The molecular formula is C17H23N5O2.